The van der Waals surface area contributed by atoms with Crippen LogP contribution in [0.25, 0.3) is 0 Å². The minimum atomic E-state index is -0.489. The van der Waals surface area contributed by atoms with Crippen molar-refractivity contribution in [3.63, 3.8) is 0 Å². The number of nitrogens with zero attached hydrogens (tertiary/aromatic N) is 2. The number of carbonyl (C=O) groups is 3. The zero-order chi connectivity index (χ0) is 16.2. The van der Waals surface area contributed by atoms with E-state index in [1.165, 1.54) is 0 Å². The largest absolute Gasteiger partial charge is 0.350 e. The first kappa shape index (κ1) is 15.8. The lowest BCUT2D eigenvalue weighted by molar-refractivity contribution is -0.139. The van der Waals surface area contributed by atoms with Gasteiger partial charge in [0.1, 0.15) is 12.1 Å². The molecule has 1 aromatic rings. The van der Waals surface area contributed by atoms with Gasteiger partial charge in [0.15, 0.2) is 0 Å². The summed E-state index contributed by atoms with van der Waals surface area (Å²) in [5, 5.41) is 5.53. The van der Waals surface area contributed by atoms with E-state index >= 15 is 0 Å². The molecule has 2 saturated heterocycles. The van der Waals surface area contributed by atoms with E-state index < -0.39 is 12.1 Å². The lowest BCUT2D eigenvalue weighted by Gasteiger charge is -2.25. The number of hydrogen-bond donors (Lipinski definition) is 2. The molecule has 7 nitrogen and oxygen atoms in total. The van der Waals surface area contributed by atoms with Crippen LogP contribution in [0.4, 0.5) is 0 Å². The average molecular weight is 334 g/mol. The summed E-state index contributed by atoms with van der Waals surface area (Å²) in [5.41, 5.74) is 0.958. The van der Waals surface area contributed by atoms with Crippen molar-refractivity contribution in [3.8, 4) is 0 Å². The molecule has 0 aliphatic carbocycles. The molecule has 2 aliphatic rings. The normalized spacial score (nSPS) is 23.7. The first-order chi connectivity index (χ1) is 11.1. The van der Waals surface area contributed by atoms with Crippen molar-refractivity contribution in [2.24, 2.45) is 0 Å². The summed E-state index contributed by atoms with van der Waals surface area (Å²) in [6.07, 6.45) is 4.22. The third-order valence-corrected chi connectivity index (χ3v) is 4.99. The van der Waals surface area contributed by atoms with Gasteiger partial charge in [-0.2, -0.15) is 0 Å². The Bertz CT molecular complexity index is 610. The van der Waals surface area contributed by atoms with Crippen molar-refractivity contribution >= 4 is 29.5 Å². The highest BCUT2D eigenvalue weighted by molar-refractivity contribution is 7.99. The maximum absolute atomic E-state index is 12.5. The maximum Gasteiger partial charge on any atom is 0.246 e. The van der Waals surface area contributed by atoms with E-state index in [1.807, 2.05) is 12.1 Å². The Morgan fingerprint density at radius 2 is 2.17 bits per heavy atom. The molecule has 3 heterocycles. The number of rotatable bonds is 4. The SMILES string of the molecule is O=C1CC[C@@H](C(=O)N2CSC[C@H]2C(=O)NCc2ccncc2)N1. The molecule has 3 rings (SSSR count). The average Bonchev–Trinajstić information content (AvgIpc) is 3.22. The summed E-state index contributed by atoms with van der Waals surface area (Å²) in [5.74, 6) is 0.635. The van der Waals surface area contributed by atoms with Gasteiger partial charge in [-0.1, -0.05) is 0 Å². The van der Waals surface area contributed by atoms with Crippen molar-refractivity contribution in [2.45, 2.75) is 31.5 Å². The molecule has 0 unspecified atom stereocenters. The van der Waals surface area contributed by atoms with Gasteiger partial charge >= 0.3 is 0 Å². The number of thioether (sulfide) groups is 1. The summed E-state index contributed by atoms with van der Waals surface area (Å²) in [4.78, 5) is 41.7. The fraction of sp³-hybridized carbons (Fsp3) is 0.467. The summed E-state index contributed by atoms with van der Waals surface area (Å²) in [6.45, 7) is 0.407. The predicted octanol–water partition coefficient (Wildman–Crippen LogP) is -0.122. The number of pyridine rings is 1. The Kier molecular flexibility index (Phi) is 4.80. The maximum atomic E-state index is 12.5. The number of aromatic nitrogens is 1. The van der Waals surface area contributed by atoms with Crippen LogP contribution in [0.1, 0.15) is 18.4 Å². The summed E-state index contributed by atoms with van der Waals surface area (Å²) in [6, 6.07) is 2.70. The van der Waals surface area contributed by atoms with E-state index in [4.69, 9.17) is 0 Å². The Labute approximate surface area is 138 Å². The van der Waals surface area contributed by atoms with Crippen LogP contribution >= 0.6 is 11.8 Å². The molecule has 0 bridgehead atoms. The Balaban J connectivity index is 1.58. The molecule has 0 spiro atoms. The van der Waals surface area contributed by atoms with Gasteiger partial charge < -0.3 is 15.5 Å². The monoisotopic (exact) mass is 334 g/mol. The van der Waals surface area contributed by atoms with Gasteiger partial charge in [-0.3, -0.25) is 19.4 Å². The van der Waals surface area contributed by atoms with Crippen molar-refractivity contribution in [1.29, 1.82) is 0 Å². The van der Waals surface area contributed by atoms with Crippen LogP contribution in [0.3, 0.4) is 0 Å². The van der Waals surface area contributed by atoms with E-state index in [0.29, 0.717) is 31.0 Å². The highest BCUT2D eigenvalue weighted by Gasteiger charge is 2.39. The second-order valence-electron chi connectivity index (χ2n) is 5.56. The molecular weight excluding hydrogens is 316 g/mol. The van der Waals surface area contributed by atoms with Gasteiger partial charge in [0, 0.05) is 31.1 Å². The molecular formula is C15H18N4O3S. The number of nitrogens with one attached hydrogen (secondary N) is 2. The van der Waals surface area contributed by atoms with Crippen molar-refractivity contribution in [2.75, 3.05) is 11.6 Å². The number of carbonyl (C=O) groups excluding carboxylic acids is 3. The van der Waals surface area contributed by atoms with Gasteiger partial charge in [0.2, 0.25) is 17.7 Å². The van der Waals surface area contributed by atoms with Crippen LogP contribution in [-0.2, 0) is 20.9 Å². The Morgan fingerprint density at radius 3 is 2.87 bits per heavy atom. The van der Waals surface area contributed by atoms with Crippen molar-refractivity contribution in [3.05, 3.63) is 30.1 Å². The molecule has 2 N–H and O–H groups in total. The van der Waals surface area contributed by atoms with Gasteiger partial charge in [-0.25, -0.2) is 0 Å². The van der Waals surface area contributed by atoms with Crippen molar-refractivity contribution < 1.29 is 14.4 Å². The molecule has 2 atom stereocenters. The summed E-state index contributed by atoms with van der Waals surface area (Å²) < 4.78 is 0. The molecule has 1 aromatic heterocycles. The van der Waals surface area contributed by atoms with Gasteiger partial charge in [-0.05, 0) is 24.1 Å². The number of hydrogen-bond acceptors (Lipinski definition) is 5. The van der Waals surface area contributed by atoms with Crippen LogP contribution in [0.15, 0.2) is 24.5 Å². The third kappa shape index (κ3) is 3.64. The Hall–Kier alpha value is -2.09. The minimum Gasteiger partial charge on any atom is -0.350 e. The van der Waals surface area contributed by atoms with Crippen LogP contribution in [0, 0.1) is 0 Å². The first-order valence-corrected chi connectivity index (χ1v) is 8.65. The van der Waals surface area contributed by atoms with E-state index in [9.17, 15) is 14.4 Å². The minimum absolute atomic E-state index is 0.103. The molecule has 0 aromatic carbocycles. The van der Waals surface area contributed by atoms with E-state index in [-0.39, 0.29) is 17.7 Å². The lowest BCUT2D eigenvalue weighted by Crippen LogP contribution is -2.52. The first-order valence-electron chi connectivity index (χ1n) is 7.49. The van der Waals surface area contributed by atoms with E-state index in [1.54, 1.807) is 29.1 Å². The topological polar surface area (TPSA) is 91.4 Å². The van der Waals surface area contributed by atoms with Crippen LogP contribution in [-0.4, -0.2) is 51.3 Å². The molecule has 3 amide bonds. The van der Waals surface area contributed by atoms with Gasteiger partial charge in [-0.15, -0.1) is 11.8 Å². The standard InChI is InChI=1S/C15H18N4O3S/c20-13-2-1-11(18-13)15(22)19-9-23-8-12(19)14(21)17-7-10-3-5-16-6-4-10/h3-6,11-12H,1-2,7-9H2,(H,17,21)(H,18,20)/t11-,12-/m0/s1. The van der Waals surface area contributed by atoms with Crippen LogP contribution in [0.5, 0.6) is 0 Å². The summed E-state index contributed by atoms with van der Waals surface area (Å²) >= 11 is 1.55. The summed E-state index contributed by atoms with van der Waals surface area (Å²) in [7, 11) is 0. The lowest BCUT2D eigenvalue weighted by atomic mass is 10.1. The highest BCUT2D eigenvalue weighted by atomic mass is 32.2. The molecule has 2 fully saturated rings. The molecule has 23 heavy (non-hydrogen) atoms. The second-order valence-corrected chi connectivity index (χ2v) is 6.56. The molecule has 0 radical (unpaired) electrons. The van der Waals surface area contributed by atoms with Crippen LogP contribution in [0.2, 0.25) is 0 Å². The highest BCUT2D eigenvalue weighted by Crippen LogP contribution is 2.23. The molecule has 8 heteroatoms. The second kappa shape index (κ2) is 6.99. The van der Waals surface area contributed by atoms with Crippen LogP contribution < -0.4 is 10.6 Å². The molecule has 2 aliphatic heterocycles. The van der Waals surface area contributed by atoms with E-state index in [0.717, 1.165) is 5.56 Å². The third-order valence-electron chi connectivity index (χ3n) is 3.98. The fourth-order valence-electron chi connectivity index (χ4n) is 2.68. The van der Waals surface area contributed by atoms with Crippen molar-refractivity contribution in [1.82, 2.24) is 20.5 Å². The molecule has 122 valence electrons. The smallest absolute Gasteiger partial charge is 0.246 e. The Morgan fingerprint density at radius 1 is 1.39 bits per heavy atom. The zero-order valence-electron chi connectivity index (χ0n) is 12.5. The quantitative estimate of drug-likeness (QED) is 0.801. The van der Waals surface area contributed by atoms with Gasteiger partial charge in [0.25, 0.3) is 0 Å². The van der Waals surface area contributed by atoms with Gasteiger partial charge in [0.05, 0.1) is 5.88 Å². The van der Waals surface area contributed by atoms with E-state index in [2.05, 4.69) is 15.6 Å². The zero-order valence-corrected chi connectivity index (χ0v) is 13.3. The fourth-order valence-corrected chi connectivity index (χ4v) is 3.85. The molecule has 0 saturated carbocycles. The predicted molar refractivity (Wildman–Crippen MR) is 85.2 cm³/mol. The number of amides is 3.